The van der Waals surface area contributed by atoms with E-state index in [1.165, 1.54) is 19.2 Å². The van der Waals surface area contributed by atoms with E-state index in [0.29, 0.717) is 11.4 Å². The smallest absolute Gasteiger partial charge is 0.252 e. The highest BCUT2D eigenvalue weighted by molar-refractivity contribution is 7.80. The first-order valence-electron chi connectivity index (χ1n) is 7.54. The van der Waals surface area contributed by atoms with Crippen LogP contribution in [-0.2, 0) is 0 Å². The molecule has 2 rings (SSSR count). The van der Waals surface area contributed by atoms with E-state index in [-0.39, 0.29) is 10.7 Å². The van der Waals surface area contributed by atoms with Crippen LogP contribution in [-0.4, -0.2) is 28.1 Å². The number of carbonyl (C=O) groups is 1. The zero-order valence-electron chi connectivity index (χ0n) is 13.9. The number of methoxy groups -OCH3 is 1. The van der Waals surface area contributed by atoms with Crippen molar-refractivity contribution >= 4 is 63.7 Å². The van der Waals surface area contributed by atoms with Gasteiger partial charge in [0.05, 0.1) is 12.8 Å². The predicted octanol–water partition coefficient (Wildman–Crippen LogP) is 4.25. The van der Waals surface area contributed by atoms with Crippen molar-refractivity contribution in [1.29, 1.82) is 0 Å². The third-order valence-electron chi connectivity index (χ3n) is 3.34. The number of para-hydroxylation sites is 2. The van der Waals surface area contributed by atoms with Crippen LogP contribution in [0.25, 0.3) is 0 Å². The molecule has 10 heteroatoms. The molecule has 0 radical (unpaired) electrons. The van der Waals surface area contributed by atoms with E-state index in [0.717, 1.165) is 12.1 Å². The van der Waals surface area contributed by atoms with Gasteiger partial charge in [0.25, 0.3) is 5.91 Å². The van der Waals surface area contributed by atoms with Crippen molar-refractivity contribution in [2.24, 2.45) is 0 Å². The summed E-state index contributed by atoms with van der Waals surface area (Å²) in [5, 5.41) is 8.24. The maximum atomic E-state index is 13.0. The van der Waals surface area contributed by atoms with Gasteiger partial charge in [0.2, 0.25) is 3.79 Å². The third kappa shape index (κ3) is 6.39. The first-order valence-corrected chi connectivity index (χ1v) is 9.08. The summed E-state index contributed by atoms with van der Waals surface area (Å²) in [6.07, 6.45) is -1.16. The molecule has 0 unspecified atom stereocenters. The van der Waals surface area contributed by atoms with Gasteiger partial charge in [0.15, 0.2) is 5.11 Å². The van der Waals surface area contributed by atoms with Crippen LogP contribution in [0.3, 0.4) is 0 Å². The quantitative estimate of drug-likeness (QED) is 0.361. The molecule has 0 aliphatic rings. The molecule has 0 bridgehead atoms. The number of benzene rings is 2. The van der Waals surface area contributed by atoms with Crippen LogP contribution in [0.5, 0.6) is 5.75 Å². The van der Waals surface area contributed by atoms with Gasteiger partial charge < -0.3 is 20.7 Å². The van der Waals surface area contributed by atoms with Crippen molar-refractivity contribution in [2.45, 2.75) is 9.96 Å². The Labute approximate surface area is 176 Å². The van der Waals surface area contributed by atoms with Crippen LogP contribution in [0, 0.1) is 5.82 Å². The second kappa shape index (κ2) is 9.41. The minimum absolute atomic E-state index is 0.0928. The van der Waals surface area contributed by atoms with Crippen LogP contribution in [0.15, 0.2) is 48.5 Å². The Balaban J connectivity index is 2.09. The van der Waals surface area contributed by atoms with E-state index in [1.807, 2.05) is 0 Å². The third-order valence-corrected chi connectivity index (χ3v) is 4.21. The number of halogens is 4. The summed E-state index contributed by atoms with van der Waals surface area (Å²) in [5.41, 5.74) is 0.784. The Morgan fingerprint density at radius 3 is 2.33 bits per heavy atom. The standard InChI is InChI=1S/C17H15Cl3FN3O2S/c1-26-13-5-3-2-4-12(13)22-16(27)24-15(17(18,19)20)23-14(25)10-6-8-11(21)9-7-10/h2-9,15H,1H3,(H,23,25)(H2,22,24,27)/t15-/m1/s1. The van der Waals surface area contributed by atoms with Gasteiger partial charge in [-0.1, -0.05) is 46.9 Å². The molecule has 0 heterocycles. The number of rotatable bonds is 5. The molecule has 1 atom stereocenters. The van der Waals surface area contributed by atoms with E-state index in [1.54, 1.807) is 24.3 Å². The summed E-state index contributed by atoms with van der Waals surface area (Å²) in [4.78, 5) is 12.3. The summed E-state index contributed by atoms with van der Waals surface area (Å²) < 4.78 is 16.3. The SMILES string of the molecule is COc1ccccc1NC(=S)N[C@@H](NC(=O)c1ccc(F)cc1)C(Cl)(Cl)Cl. The van der Waals surface area contributed by atoms with E-state index in [9.17, 15) is 9.18 Å². The molecule has 0 saturated carbocycles. The number of amides is 1. The molecule has 0 saturated heterocycles. The van der Waals surface area contributed by atoms with E-state index in [2.05, 4.69) is 16.0 Å². The number of carbonyl (C=O) groups excluding carboxylic acids is 1. The Kier molecular flexibility index (Phi) is 7.49. The number of hydrogen-bond donors (Lipinski definition) is 3. The summed E-state index contributed by atoms with van der Waals surface area (Å²) >= 11 is 23.1. The Morgan fingerprint density at radius 1 is 1.11 bits per heavy atom. The first-order chi connectivity index (χ1) is 12.7. The first kappa shape index (κ1) is 21.5. The molecule has 5 nitrogen and oxygen atoms in total. The fraction of sp³-hybridized carbons (Fsp3) is 0.176. The van der Waals surface area contributed by atoms with Crippen LogP contribution in [0.2, 0.25) is 0 Å². The highest BCUT2D eigenvalue weighted by Crippen LogP contribution is 2.29. The Bertz CT molecular complexity index is 816. The summed E-state index contributed by atoms with van der Waals surface area (Å²) in [6.45, 7) is 0. The minimum Gasteiger partial charge on any atom is -0.495 e. The topological polar surface area (TPSA) is 62.4 Å². The second-order valence-corrected chi connectivity index (χ2v) is 8.03. The maximum Gasteiger partial charge on any atom is 0.252 e. The van der Waals surface area contributed by atoms with Gasteiger partial charge in [0.1, 0.15) is 17.7 Å². The zero-order valence-corrected chi connectivity index (χ0v) is 17.0. The second-order valence-electron chi connectivity index (χ2n) is 5.25. The molecule has 2 aromatic carbocycles. The monoisotopic (exact) mass is 449 g/mol. The van der Waals surface area contributed by atoms with E-state index in [4.69, 9.17) is 51.8 Å². The van der Waals surface area contributed by atoms with Crippen molar-refractivity contribution in [3.63, 3.8) is 0 Å². The normalized spacial score (nSPS) is 12.0. The number of hydrogen-bond acceptors (Lipinski definition) is 3. The maximum absolute atomic E-state index is 13.0. The molecule has 0 spiro atoms. The molecular formula is C17H15Cl3FN3O2S. The summed E-state index contributed by atoms with van der Waals surface area (Å²) in [5.74, 6) is -0.480. The lowest BCUT2D eigenvalue weighted by atomic mass is 10.2. The average molecular weight is 451 g/mol. The van der Waals surface area contributed by atoms with Gasteiger partial charge in [-0.25, -0.2) is 4.39 Å². The molecule has 0 aromatic heterocycles. The van der Waals surface area contributed by atoms with Crippen LogP contribution < -0.4 is 20.7 Å². The van der Waals surface area contributed by atoms with E-state index >= 15 is 0 Å². The molecule has 0 aliphatic carbocycles. The van der Waals surface area contributed by atoms with Crippen molar-refractivity contribution < 1.29 is 13.9 Å². The number of thiocarbonyl (C=S) groups is 1. The Hall–Kier alpha value is -1.80. The lowest BCUT2D eigenvalue weighted by molar-refractivity contribution is 0.0934. The molecule has 0 fully saturated rings. The number of nitrogens with one attached hydrogen (secondary N) is 3. The lowest BCUT2D eigenvalue weighted by Gasteiger charge is -2.28. The van der Waals surface area contributed by atoms with Gasteiger partial charge in [-0.15, -0.1) is 0 Å². The average Bonchev–Trinajstić information content (AvgIpc) is 2.61. The van der Waals surface area contributed by atoms with Crippen molar-refractivity contribution in [3.8, 4) is 5.75 Å². The Morgan fingerprint density at radius 2 is 1.74 bits per heavy atom. The van der Waals surface area contributed by atoms with Crippen molar-refractivity contribution in [1.82, 2.24) is 10.6 Å². The fourth-order valence-electron chi connectivity index (χ4n) is 2.05. The number of ether oxygens (including phenoxy) is 1. The number of anilines is 1. The largest absolute Gasteiger partial charge is 0.495 e. The van der Waals surface area contributed by atoms with Gasteiger partial charge in [-0.05, 0) is 48.6 Å². The van der Waals surface area contributed by atoms with Gasteiger partial charge in [-0.3, -0.25) is 4.79 Å². The zero-order chi connectivity index (χ0) is 20.0. The molecule has 2 aromatic rings. The van der Waals surface area contributed by atoms with E-state index < -0.39 is 21.7 Å². The highest BCUT2D eigenvalue weighted by atomic mass is 35.6. The molecule has 0 aliphatic heterocycles. The van der Waals surface area contributed by atoms with Crippen LogP contribution in [0.4, 0.5) is 10.1 Å². The van der Waals surface area contributed by atoms with Crippen molar-refractivity contribution in [2.75, 3.05) is 12.4 Å². The van der Waals surface area contributed by atoms with Crippen LogP contribution >= 0.6 is 47.0 Å². The molecule has 27 heavy (non-hydrogen) atoms. The molecule has 3 N–H and O–H groups in total. The molecule has 144 valence electrons. The predicted molar refractivity (Wildman–Crippen MR) is 110 cm³/mol. The van der Waals surface area contributed by atoms with Gasteiger partial charge in [0, 0.05) is 5.56 Å². The van der Waals surface area contributed by atoms with Gasteiger partial charge in [-0.2, -0.15) is 0 Å². The molecular weight excluding hydrogens is 436 g/mol. The molecule has 1 amide bonds. The summed E-state index contributed by atoms with van der Waals surface area (Å²) in [7, 11) is 1.52. The lowest BCUT2D eigenvalue weighted by Crippen LogP contribution is -2.56. The van der Waals surface area contributed by atoms with Crippen LogP contribution in [0.1, 0.15) is 10.4 Å². The fourth-order valence-corrected chi connectivity index (χ4v) is 2.61. The number of alkyl halides is 3. The highest BCUT2D eigenvalue weighted by Gasteiger charge is 2.35. The summed E-state index contributed by atoms with van der Waals surface area (Å²) in [6, 6.07) is 12.0. The van der Waals surface area contributed by atoms with Crippen molar-refractivity contribution in [3.05, 3.63) is 59.9 Å². The van der Waals surface area contributed by atoms with Gasteiger partial charge >= 0.3 is 0 Å². The minimum atomic E-state index is -1.91.